The van der Waals surface area contributed by atoms with E-state index in [-0.39, 0.29) is 11.7 Å². The number of hydrogen-bond donors (Lipinski definition) is 1. The van der Waals surface area contributed by atoms with E-state index in [1.807, 2.05) is 65.5 Å². The second-order valence-corrected chi connectivity index (χ2v) is 9.18. The largest absolute Gasteiger partial charge is 0.465 e. The Morgan fingerprint density at radius 2 is 1.88 bits per heavy atom. The third kappa shape index (κ3) is 5.11. The Labute approximate surface area is 203 Å². The van der Waals surface area contributed by atoms with Crippen LogP contribution in [0.25, 0.3) is 22.5 Å². The van der Waals surface area contributed by atoms with Crippen molar-refractivity contribution < 1.29 is 14.3 Å². The number of amides is 1. The maximum atomic E-state index is 12.7. The Balaban J connectivity index is 1.48. The molecule has 0 saturated carbocycles. The van der Waals surface area contributed by atoms with Crippen LogP contribution in [-0.2, 0) is 16.6 Å². The molecule has 2 aromatic heterocycles. The van der Waals surface area contributed by atoms with Gasteiger partial charge in [0.25, 0.3) is 0 Å². The zero-order chi connectivity index (χ0) is 23.4. The average molecular weight is 499 g/mol. The zero-order valence-corrected chi connectivity index (χ0v) is 20.1. The summed E-state index contributed by atoms with van der Waals surface area (Å²) < 4.78 is 6.77. The summed E-state index contributed by atoms with van der Waals surface area (Å²) in [5, 5.41) is 14.7. The molecule has 4 rings (SSSR count). The Hall–Kier alpha value is -3.14. The van der Waals surface area contributed by atoms with Crippen LogP contribution in [0.4, 0.5) is 5.00 Å². The Morgan fingerprint density at radius 1 is 1.12 bits per heavy atom. The maximum absolute atomic E-state index is 12.7. The maximum Gasteiger partial charge on any atom is 0.341 e. The van der Waals surface area contributed by atoms with Gasteiger partial charge in [-0.1, -0.05) is 65.8 Å². The minimum Gasteiger partial charge on any atom is -0.465 e. The lowest BCUT2D eigenvalue weighted by atomic mass is 10.0. The molecule has 0 aliphatic rings. The van der Waals surface area contributed by atoms with Gasteiger partial charge in [0.15, 0.2) is 11.0 Å². The summed E-state index contributed by atoms with van der Waals surface area (Å²) in [5.74, 6) is -0.0173. The van der Waals surface area contributed by atoms with Gasteiger partial charge in [-0.3, -0.25) is 4.79 Å². The van der Waals surface area contributed by atoms with Crippen LogP contribution < -0.4 is 5.32 Å². The van der Waals surface area contributed by atoms with Crippen molar-refractivity contribution in [3.63, 3.8) is 0 Å². The summed E-state index contributed by atoms with van der Waals surface area (Å²) in [6, 6.07) is 16.8. The van der Waals surface area contributed by atoms with Gasteiger partial charge in [-0.15, -0.1) is 21.5 Å². The molecule has 0 atom stereocenters. The van der Waals surface area contributed by atoms with Crippen LogP contribution in [0.15, 0.2) is 65.1 Å². The van der Waals surface area contributed by atoms with Gasteiger partial charge in [0, 0.05) is 28.6 Å². The first-order valence-electron chi connectivity index (χ1n) is 9.81. The Bertz CT molecular complexity index is 1300. The average Bonchev–Trinajstić information content (AvgIpc) is 3.41. The number of esters is 1. The van der Waals surface area contributed by atoms with Crippen LogP contribution >= 0.6 is 34.7 Å². The minimum atomic E-state index is -0.502. The highest BCUT2D eigenvalue weighted by Crippen LogP contribution is 2.36. The number of rotatable bonds is 7. The van der Waals surface area contributed by atoms with Gasteiger partial charge >= 0.3 is 5.97 Å². The molecule has 1 N–H and O–H groups in total. The molecule has 2 aromatic carbocycles. The van der Waals surface area contributed by atoms with E-state index in [4.69, 9.17) is 16.3 Å². The van der Waals surface area contributed by atoms with Gasteiger partial charge < -0.3 is 14.6 Å². The van der Waals surface area contributed by atoms with Crippen LogP contribution in [0.5, 0.6) is 0 Å². The third-order valence-corrected chi connectivity index (χ3v) is 6.92. The summed E-state index contributed by atoms with van der Waals surface area (Å²) >= 11 is 8.61. The van der Waals surface area contributed by atoms with Crippen molar-refractivity contribution in [1.29, 1.82) is 0 Å². The molecule has 0 spiro atoms. The highest BCUT2D eigenvalue weighted by molar-refractivity contribution is 7.99. The topological polar surface area (TPSA) is 86.1 Å². The molecule has 0 unspecified atom stereocenters. The van der Waals surface area contributed by atoms with Gasteiger partial charge in [-0.25, -0.2) is 4.79 Å². The van der Waals surface area contributed by atoms with E-state index < -0.39 is 5.97 Å². The minimum absolute atomic E-state index is 0.0979. The van der Waals surface area contributed by atoms with E-state index in [2.05, 4.69) is 15.5 Å². The molecular weight excluding hydrogens is 480 g/mol. The van der Waals surface area contributed by atoms with Crippen molar-refractivity contribution in [2.75, 3.05) is 18.2 Å². The number of thioether (sulfide) groups is 1. The second-order valence-electron chi connectivity index (χ2n) is 6.92. The second kappa shape index (κ2) is 10.2. The van der Waals surface area contributed by atoms with Crippen molar-refractivity contribution in [1.82, 2.24) is 14.8 Å². The molecule has 0 bridgehead atoms. The number of methoxy groups -OCH3 is 1. The smallest absolute Gasteiger partial charge is 0.341 e. The van der Waals surface area contributed by atoms with Crippen molar-refractivity contribution in [2.24, 2.45) is 7.05 Å². The molecule has 0 fully saturated rings. The van der Waals surface area contributed by atoms with Gasteiger partial charge in [-0.2, -0.15) is 0 Å². The van der Waals surface area contributed by atoms with E-state index in [0.29, 0.717) is 26.6 Å². The molecule has 0 aliphatic heterocycles. The van der Waals surface area contributed by atoms with Crippen molar-refractivity contribution in [3.8, 4) is 22.5 Å². The number of aromatic nitrogens is 3. The summed E-state index contributed by atoms with van der Waals surface area (Å²) in [5.41, 5.74) is 2.77. The molecule has 168 valence electrons. The number of benzene rings is 2. The van der Waals surface area contributed by atoms with E-state index in [0.717, 1.165) is 16.7 Å². The predicted molar refractivity (Wildman–Crippen MR) is 132 cm³/mol. The van der Waals surface area contributed by atoms with Crippen molar-refractivity contribution >= 4 is 51.6 Å². The number of hydrogen-bond acceptors (Lipinski definition) is 7. The van der Waals surface area contributed by atoms with Crippen molar-refractivity contribution in [2.45, 2.75) is 5.16 Å². The number of thiophene rings is 1. The number of ether oxygens (including phenoxy) is 1. The lowest BCUT2D eigenvalue weighted by Crippen LogP contribution is -2.16. The summed E-state index contributed by atoms with van der Waals surface area (Å²) in [6.07, 6.45) is 0. The predicted octanol–water partition coefficient (Wildman–Crippen LogP) is 5.38. The van der Waals surface area contributed by atoms with Crippen LogP contribution in [0, 0.1) is 0 Å². The number of anilines is 1. The SMILES string of the molecule is COC(=O)c1c(-c2ccccc2)csc1NC(=O)CSc1nnc(-c2cccc(Cl)c2)n1C. The summed E-state index contributed by atoms with van der Waals surface area (Å²) in [6.45, 7) is 0. The lowest BCUT2D eigenvalue weighted by molar-refractivity contribution is -0.113. The molecule has 1 amide bonds. The van der Waals surface area contributed by atoms with E-state index in [9.17, 15) is 9.59 Å². The lowest BCUT2D eigenvalue weighted by Gasteiger charge is -2.08. The first kappa shape index (κ1) is 23.0. The van der Waals surface area contributed by atoms with E-state index in [1.165, 1.54) is 30.2 Å². The number of nitrogens with zero attached hydrogens (tertiary/aromatic N) is 3. The molecule has 2 heterocycles. The van der Waals surface area contributed by atoms with E-state index >= 15 is 0 Å². The monoisotopic (exact) mass is 498 g/mol. The van der Waals surface area contributed by atoms with Crippen LogP contribution in [0.2, 0.25) is 5.02 Å². The van der Waals surface area contributed by atoms with E-state index in [1.54, 1.807) is 6.07 Å². The van der Waals surface area contributed by atoms with Gasteiger partial charge in [0.1, 0.15) is 10.6 Å². The molecule has 4 aromatic rings. The number of carbonyl (C=O) groups excluding carboxylic acids is 2. The molecule has 0 radical (unpaired) electrons. The van der Waals surface area contributed by atoms with Crippen LogP contribution in [0.1, 0.15) is 10.4 Å². The first-order valence-corrected chi connectivity index (χ1v) is 12.1. The zero-order valence-electron chi connectivity index (χ0n) is 17.7. The normalized spacial score (nSPS) is 10.8. The van der Waals surface area contributed by atoms with Crippen LogP contribution in [-0.4, -0.2) is 39.5 Å². The fourth-order valence-electron chi connectivity index (χ4n) is 3.20. The quantitative estimate of drug-likeness (QED) is 0.272. The highest BCUT2D eigenvalue weighted by atomic mass is 35.5. The molecule has 0 aliphatic carbocycles. The first-order chi connectivity index (χ1) is 16.0. The van der Waals surface area contributed by atoms with Gasteiger partial charge in [0.05, 0.1) is 12.9 Å². The standard InChI is InChI=1S/C23H19ClN4O3S2/c1-28-20(15-9-6-10-16(24)11-15)26-27-23(28)33-13-18(29)25-21-19(22(30)31-2)17(12-32-21)14-7-4-3-5-8-14/h3-12H,13H2,1-2H3,(H,25,29). The summed E-state index contributed by atoms with van der Waals surface area (Å²) in [7, 11) is 3.15. The van der Waals surface area contributed by atoms with Gasteiger partial charge in [-0.05, 0) is 17.7 Å². The molecular formula is C23H19ClN4O3S2. The van der Waals surface area contributed by atoms with Gasteiger partial charge in [0.2, 0.25) is 5.91 Å². The fraction of sp³-hybridized carbons (Fsp3) is 0.130. The third-order valence-electron chi connectivity index (χ3n) is 4.77. The molecule has 0 saturated heterocycles. The van der Waals surface area contributed by atoms with Crippen molar-refractivity contribution in [3.05, 3.63) is 70.6 Å². The Kier molecular flexibility index (Phi) is 7.12. The molecule has 33 heavy (non-hydrogen) atoms. The highest BCUT2D eigenvalue weighted by Gasteiger charge is 2.22. The van der Waals surface area contributed by atoms with Crippen LogP contribution in [0.3, 0.4) is 0 Å². The Morgan fingerprint density at radius 3 is 2.61 bits per heavy atom. The molecule has 10 heteroatoms. The summed E-state index contributed by atoms with van der Waals surface area (Å²) in [4.78, 5) is 25.1. The number of nitrogens with one attached hydrogen (secondary N) is 1. The molecule has 7 nitrogen and oxygen atoms in total. The number of halogens is 1. The fourth-order valence-corrected chi connectivity index (χ4v) is 5.07. The number of carbonyl (C=O) groups is 2.